The van der Waals surface area contributed by atoms with Crippen molar-refractivity contribution in [1.29, 1.82) is 0 Å². The standard InChI is InChI=1S/C22H20ClFN6O2/c1-29-20(31)7-18(13-3-4-25-9-17(13)24)28-22(29)27-8-14-15-10-30(11-16(14)15)21(32)12-2-5-26-19(23)6-12/h2-7,9,14-16H,8,10-11H2,1H3,(H,27,28). The van der Waals surface area contributed by atoms with Gasteiger partial charge in [-0.1, -0.05) is 11.6 Å². The quantitative estimate of drug-likeness (QED) is 0.595. The van der Waals surface area contributed by atoms with Crippen LogP contribution in [0.25, 0.3) is 11.3 Å². The fourth-order valence-corrected chi connectivity index (χ4v) is 4.64. The molecule has 5 rings (SSSR count). The van der Waals surface area contributed by atoms with Crippen LogP contribution in [0.2, 0.25) is 5.15 Å². The lowest BCUT2D eigenvalue weighted by Crippen LogP contribution is -2.32. The Bertz CT molecular complexity index is 1250. The van der Waals surface area contributed by atoms with Crippen molar-refractivity contribution < 1.29 is 9.18 Å². The van der Waals surface area contributed by atoms with E-state index >= 15 is 0 Å². The number of aromatic nitrogens is 4. The van der Waals surface area contributed by atoms with Gasteiger partial charge in [0.15, 0.2) is 5.82 Å². The average molecular weight is 455 g/mol. The van der Waals surface area contributed by atoms with Gasteiger partial charge >= 0.3 is 0 Å². The van der Waals surface area contributed by atoms with E-state index < -0.39 is 5.82 Å². The second-order valence-electron chi connectivity index (χ2n) is 8.17. The summed E-state index contributed by atoms with van der Waals surface area (Å²) in [6.07, 6.45) is 4.09. The van der Waals surface area contributed by atoms with Gasteiger partial charge in [-0.15, -0.1) is 0 Å². The van der Waals surface area contributed by atoms with Gasteiger partial charge in [0.25, 0.3) is 11.5 Å². The largest absolute Gasteiger partial charge is 0.355 e. The molecule has 1 amide bonds. The van der Waals surface area contributed by atoms with E-state index in [1.807, 2.05) is 4.90 Å². The van der Waals surface area contributed by atoms with Crippen molar-refractivity contribution in [2.45, 2.75) is 0 Å². The minimum absolute atomic E-state index is 0.0376. The van der Waals surface area contributed by atoms with Crippen molar-refractivity contribution in [1.82, 2.24) is 24.4 Å². The van der Waals surface area contributed by atoms with Gasteiger partial charge in [0.2, 0.25) is 5.95 Å². The predicted octanol–water partition coefficient (Wildman–Crippen LogP) is 2.46. The summed E-state index contributed by atoms with van der Waals surface area (Å²) in [6, 6.07) is 6.05. The molecule has 2 atom stereocenters. The summed E-state index contributed by atoms with van der Waals surface area (Å²) in [5.74, 6) is 1.01. The monoisotopic (exact) mass is 454 g/mol. The minimum atomic E-state index is -0.531. The van der Waals surface area contributed by atoms with Gasteiger partial charge in [0, 0.05) is 56.3 Å². The average Bonchev–Trinajstić information content (AvgIpc) is 3.22. The Morgan fingerprint density at radius 2 is 2.03 bits per heavy atom. The van der Waals surface area contributed by atoms with Gasteiger partial charge in [-0.2, -0.15) is 0 Å². The molecule has 4 heterocycles. The Hall–Kier alpha value is -3.33. The fourth-order valence-electron chi connectivity index (χ4n) is 4.46. The number of fused-ring (bicyclic) bond motifs is 1. The molecule has 2 aliphatic rings. The van der Waals surface area contributed by atoms with Crippen molar-refractivity contribution in [3.05, 3.63) is 69.7 Å². The molecule has 0 spiro atoms. The summed E-state index contributed by atoms with van der Waals surface area (Å²) in [4.78, 5) is 39.0. The third kappa shape index (κ3) is 3.73. The number of likely N-dealkylation sites (tertiary alicyclic amines) is 1. The van der Waals surface area contributed by atoms with Crippen LogP contribution in [0.4, 0.5) is 10.3 Å². The number of amides is 1. The highest BCUT2D eigenvalue weighted by Crippen LogP contribution is 2.51. The van der Waals surface area contributed by atoms with Gasteiger partial charge < -0.3 is 10.2 Å². The summed E-state index contributed by atoms with van der Waals surface area (Å²) >= 11 is 5.89. The summed E-state index contributed by atoms with van der Waals surface area (Å²) in [7, 11) is 1.62. The van der Waals surface area contributed by atoms with E-state index in [0.29, 0.717) is 54.1 Å². The Balaban J connectivity index is 1.23. The molecule has 1 N–H and O–H groups in total. The lowest BCUT2D eigenvalue weighted by Gasteiger charge is -2.20. The Morgan fingerprint density at radius 1 is 1.25 bits per heavy atom. The van der Waals surface area contributed by atoms with Gasteiger partial charge in [-0.05, 0) is 36.0 Å². The van der Waals surface area contributed by atoms with Crippen LogP contribution in [0, 0.1) is 23.6 Å². The van der Waals surface area contributed by atoms with Gasteiger partial charge in [0.1, 0.15) is 5.15 Å². The number of rotatable bonds is 5. The van der Waals surface area contributed by atoms with Crippen molar-refractivity contribution in [2.24, 2.45) is 24.8 Å². The summed E-state index contributed by atoms with van der Waals surface area (Å²) < 4.78 is 15.5. The third-order valence-corrected chi connectivity index (χ3v) is 6.52. The maximum Gasteiger partial charge on any atom is 0.255 e. The van der Waals surface area contributed by atoms with E-state index in [-0.39, 0.29) is 22.7 Å². The van der Waals surface area contributed by atoms with Gasteiger partial charge in [-0.25, -0.2) is 14.4 Å². The van der Waals surface area contributed by atoms with Crippen molar-refractivity contribution in [3.63, 3.8) is 0 Å². The van der Waals surface area contributed by atoms with Crippen molar-refractivity contribution in [2.75, 3.05) is 25.0 Å². The Kier molecular flexibility index (Phi) is 5.13. The number of anilines is 1. The SMILES string of the molecule is Cn1c(NCC2C3CN(C(=O)c4ccnc(Cl)c4)CC23)nc(-c2ccncc2F)cc1=O. The van der Waals surface area contributed by atoms with Crippen LogP contribution in [-0.4, -0.2) is 50.0 Å². The first-order chi connectivity index (χ1) is 15.4. The molecule has 3 aromatic heterocycles. The molecule has 1 saturated carbocycles. The molecule has 0 radical (unpaired) electrons. The zero-order valence-electron chi connectivity index (χ0n) is 17.2. The van der Waals surface area contributed by atoms with Gasteiger partial charge in [-0.3, -0.25) is 19.1 Å². The zero-order chi connectivity index (χ0) is 22.4. The predicted molar refractivity (Wildman–Crippen MR) is 117 cm³/mol. The van der Waals surface area contributed by atoms with Crippen LogP contribution < -0.4 is 10.9 Å². The first kappa shape index (κ1) is 20.6. The van der Waals surface area contributed by atoms with Crippen molar-refractivity contribution in [3.8, 4) is 11.3 Å². The number of nitrogens with zero attached hydrogens (tertiary/aromatic N) is 5. The highest BCUT2D eigenvalue weighted by molar-refractivity contribution is 6.29. The molecule has 1 aliphatic heterocycles. The van der Waals surface area contributed by atoms with Crippen LogP contribution in [-0.2, 0) is 7.05 Å². The number of hydrogen-bond acceptors (Lipinski definition) is 6. The lowest BCUT2D eigenvalue weighted by atomic mass is 10.2. The normalized spacial score (nSPS) is 21.3. The molecule has 3 aromatic rings. The van der Waals surface area contributed by atoms with E-state index in [1.54, 1.807) is 19.2 Å². The summed E-state index contributed by atoms with van der Waals surface area (Å²) in [5, 5.41) is 3.54. The van der Waals surface area contributed by atoms with E-state index in [2.05, 4.69) is 20.3 Å². The summed E-state index contributed by atoms with van der Waals surface area (Å²) in [5.41, 5.74) is 0.756. The van der Waals surface area contributed by atoms with E-state index in [9.17, 15) is 14.0 Å². The lowest BCUT2D eigenvalue weighted by molar-refractivity contribution is 0.0768. The molecular weight excluding hydrogens is 435 g/mol. The van der Waals surface area contributed by atoms with Gasteiger partial charge in [0.05, 0.1) is 11.9 Å². The van der Waals surface area contributed by atoms with Crippen molar-refractivity contribution >= 4 is 23.5 Å². The molecule has 32 heavy (non-hydrogen) atoms. The first-order valence-corrected chi connectivity index (χ1v) is 10.6. The number of pyridine rings is 2. The fraction of sp³-hybridized carbons (Fsp3) is 0.318. The molecule has 2 fully saturated rings. The molecule has 8 nitrogen and oxygen atoms in total. The Labute approximate surface area is 188 Å². The second kappa shape index (κ2) is 7.98. The van der Waals surface area contributed by atoms with E-state index in [4.69, 9.17) is 11.6 Å². The van der Waals surface area contributed by atoms with E-state index in [0.717, 1.165) is 6.20 Å². The molecule has 1 aliphatic carbocycles. The minimum Gasteiger partial charge on any atom is -0.355 e. The highest BCUT2D eigenvalue weighted by atomic mass is 35.5. The molecular formula is C22H20ClFN6O2. The third-order valence-electron chi connectivity index (χ3n) is 6.31. The highest BCUT2D eigenvalue weighted by Gasteiger charge is 2.56. The molecule has 164 valence electrons. The molecule has 10 heteroatoms. The Morgan fingerprint density at radius 3 is 2.75 bits per heavy atom. The number of hydrogen-bond donors (Lipinski definition) is 1. The molecule has 1 saturated heterocycles. The van der Waals surface area contributed by atoms with E-state index in [1.165, 1.54) is 29.1 Å². The smallest absolute Gasteiger partial charge is 0.255 e. The summed E-state index contributed by atoms with van der Waals surface area (Å²) in [6.45, 7) is 2.00. The molecule has 0 bridgehead atoms. The maximum atomic E-state index is 14.1. The number of carbonyl (C=O) groups excluding carboxylic acids is 1. The first-order valence-electron chi connectivity index (χ1n) is 10.2. The number of halogens is 2. The van der Waals surface area contributed by atoms with Crippen LogP contribution in [0.15, 0.2) is 47.7 Å². The topological polar surface area (TPSA) is 93.0 Å². The van der Waals surface area contributed by atoms with Crippen LogP contribution in [0.5, 0.6) is 0 Å². The van der Waals surface area contributed by atoms with Crippen LogP contribution in [0.1, 0.15) is 10.4 Å². The maximum absolute atomic E-state index is 14.1. The second-order valence-corrected chi connectivity index (χ2v) is 8.55. The number of carbonyl (C=O) groups is 1. The van der Waals surface area contributed by atoms with Crippen LogP contribution >= 0.6 is 11.6 Å². The van der Waals surface area contributed by atoms with Crippen LogP contribution in [0.3, 0.4) is 0 Å². The molecule has 0 aromatic carbocycles. The number of nitrogens with one attached hydrogen (secondary N) is 1. The number of piperidine rings is 1. The zero-order valence-corrected chi connectivity index (χ0v) is 18.0. The molecule has 2 unspecified atom stereocenters.